The smallest absolute Gasteiger partial charge is 0.247 e. The Morgan fingerprint density at radius 3 is 2.68 bits per heavy atom. The normalized spacial score (nSPS) is 21.2. The Bertz CT molecular complexity index is 514. The number of carbonyl (C=O) groups is 1. The second-order valence-corrected chi connectivity index (χ2v) is 7.51. The fourth-order valence-electron chi connectivity index (χ4n) is 2.63. The summed E-state index contributed by atoms with van der Waals surface area (Å²) in [4.78, 5) is 14.6. The summed E-state index contributed by atoms with van der Waals surface area (Å²) >= 11 is 3.40. The molecule has 1 aromatic carbocycles. The minimum Gasteiger partial charge on any atom is -0.376 e. The topological polar surface area (TPSA) is 55.6 Å². The van der Waals surface area contributed by atoms with E-state index in [1.807, 2.05) is 29.2 Å². The van der Waals surface area contributed by atoms with Gasteiger partial charge in [-0.25, -0.2) is 0 Å². The summed E-state index contributed by atoms with van der Waals surface area (Å²) in [6, 6.07) is 7.61. The standard InChI is InChI=1S/C17H25BrN2O2/c1-12(2)11-22-15-8-9-20(10-15)16(21)17(3,19)13-4-6-14(18)7-5-13/h4-7,12,15H,8-11,19H2,1-3H3. The number of amides is 1. The lowest BCUT2D eigenvalue weighted by molar-refractivity contribution is -0.136. The van der Waals surface area contributed by atoms with Crippen LogP contribution in [0.5, 0.6) is 0 Å². The Balaban J connectivity index is 2.00. The highest BCUT2D eigenvalue weighted by molar-refractivity contribution is 9.10. The average Bonchev–Trinajstić information content (AvgIpc) is 2.93. The molecular weight excluding hydrogens is 344 g/mol. The van der Waals surface area contributed by atoms with Crippen molar-refractivity contribution in [3.63, 3.8) is 0 Å². The molecule has 1 aliphatic heterocycles. The van der Waals surface area contributed by atoms with Crippen LogP contribution >= 0.6 is 15.9 Å². The highest BCUT2D eigenvalue weighted by Gasteiger charge is 2.38. The number of nitrogens with two attached hydrogens (primary N) is 1. The summed E-state index contributed by atoms with van der Waals surface area (Å²) < 4.78 is 6.81. The number of nitrogens with zero attached hydrogens (tertiary/aromatic N) is 1. The van der Waals surface area contributed by atoms with Crippen molar-refractivity contribution in [1.29, 1.82) is 0 Å². The first-order chi connectivity index (χ1) is 10.3. The molecule has 0 radical (unpaired) electrons. The third-order valence-corrected chi connectivity index (χ3v) is 4.51. The van der Waals surface area contributed by atoms with Gasteiger partial charge in [-0.05, 0) is 37.0 Å². The van der Waals surface area contributed by atoms with Gasteiger partial charge in [0.2, 0.25) is 5.91 Å². The van der Waals surface area contributed by atoms with Crippen LogP contribution in [0.2, 0.25) is 0 Å². The van der Waals surface area contributed by atoms with E-state index >= 15 is 0 Å². The van der Waals surface area contributed by atoms with Crippen molar-refractivity contribution in [1.82, 2.24) is 4.90 Å². The molecule has 1 amide bonds. The summed E-state index contributed by atoms with van der Waals surface area (Å²) in [7, 11) is 0. The molecule has 0 aliphatic carbocycles. The zero-order valence-corrected chi connectivity index (χ0v) is 15.1. The molecule has 2 N–H and O–H groups in total. The zero-order valence-electron chi connectivity index (χ0n) is 13.5. The number of hydrogen-bond donors (Lipinski definition) is 1. The van der Waals surface area contributed by atoms with Crippen molar-refractivity contribution in [2.45, 2.75) is 38.8 Å². The predicted molar refractivity (Wildman–Crippen MR) is 91.5 cm³/mol. The number of hydrogen-bond acceptors (Lipinski definition) is 3. The molecule has 0 spiro atoms. The first kappa shape index (κ1) is 17.4. The molecule has 5 heteroatoms. The third-order valence-electron chi connectivity index (χ3n) is 3.99. The molecule has 2 atom stereocenters. The minimum atomic E-state index is -1.01. The molecule has 0 bridgehead atoms. The van der Waals surface area contributed by atoms with Gasteiger partial charge in [-0.2, -0.15) is 0 Å². The highest BCUT2D eigenvalue weighted by Crippen LogP contribution is 2.25. The Kier molecular flexibility index (Phi) is 5.64. The second kappa shape index (κ2) is 7.11. The molecule has 0 aromatic heterocycles. The monoisotopic (exact) mass is 368 g/mol. The fraction of sp³-hybridized carbons (Fsp3) is 0.588. The van der Waals surface area contributed by atoms with Gasteiger partial charge in [0.1, 0.15) is 5.54 Å². The van der Waals surface area contributed by atoms with Gasteiger partial charge in [0, 0.05) is 24.2 Å². The van der Waals surface area contributed by atoms with Gasteiger partial charge in [-0.1, -0.05) is 41.9 Å². The van der Waals surface area contributed by atoms with Crippen LogP contribution in [-0.4, -0.2) is 36.6 Å². The zero-order chi connectivity index (χ0) is 16.3. The van der Waals surface area contributed by atoms with Crippen molar-refractivity contribution in [2.75, 3.05) is 19.7 Å². The van der Waals surface area contributed by atoms with Crippen LogP contribution in [0.15, 0.2) is 28.7 Å². The van der Waals surface area contributed by atoms with Gasteiger partial charge in [-0.3, -0.25) is 4.79 Å². The van der Waals surface area contributed by atoms with E-state index < -0.39 is 5.54 Å². The summed E-state index contributed by atoms with van der Waals surface area (Å²) in [5, 5.41) is 0. The lowest BCUT2D eigenvalue weighted by atomic mass is 9.92. The Labute approximate surface area is 141 Å². The van der Waals surface area contributed by atoms with E-state index in [4.69, 9.17) is 10.5 Å². The number of halogens is 1. The molecule has 1 saturated heterocycles. The number of ether oxygens (including phenoxy) is 1. The minimum absolute atomic E-state index is 0.0366. The van der Waals surface area contributed by atoms with Crippen molar-refractivity contribution in [3.8, 4) is 0 Å². The van der Waals surface area contributed by atoms with E-state index in [0.29, 0.717) is 19.0 Å². The third kappa shape index (κ3) is 4.09. The maximum Gasteiger partial charge on any atom is 0.247 e. The maximum atomic E-state index is 12.8. The number of benzene rings is 1. The average molecular weight is 369 g/mol. The predicted octanol–water partition coefficient (Wildman–Crippen LogP) is 2.90. The second-order valence-electron chi connectivity index (χ2n) is 6.60. The largest absolute Gasteiger partial charge is 0.376 e. The van der Waals surface area contributed by atoms with E-state index in [1.165, 1.54) is 0 Å². The van der Waals surface area contributed by atoms with Gasteiger partial charge in [0.05, 0.1) is 6.10 Å². The van der Waals surface area contributed by atoms with E-state index in [2.05, 4.69) is 29.8 Å². The SMILES string of the molecule is CC(C)COC1CCN(C(=O)C(C)(N)c2ccc(Br)cc2)C1. The van der Waals surface area contributed by atoms with Crippen molar-refractivity contribution >= 4 is 21.8 Å². The van der Waals surface area contributed by atoms with Crippen LogP contribution in [0.3, 0.4) is 0 Å². The van der Waals surface area contributed by atoms with Crippen molar-refractivity contribution in [3.05, 3.63) is 34.3 Å². The van der Waals surface area contributed by atoms with Crippen LogP contribution in [-0.2, 0) is 15.1 Å². The van der Waals surface area contributed by atoms with Crippen LogP contribution in [0, 0.1) is 5.92 Å². The molecule has 1 fully saturated rings. The van der Waals surface area contributed by atoms with E-state index in [1.54, 1.807) is 6.92 Å². The Hall–Kier alpha value is -0.910. The lowest BCUT2D eigenvalue weighted by Gasteiger charge is -2.29. The summed E-state index contributed by atoms with van der Waals surface area (Å²) in [5.74, 6) is 0.470. The molecule has 122 valence electrons. The Morgan fingerprint density at radius 1 is 1.45 bits per heavy atom. The van der Waals surface area contributed by atoms with Gasteiger partial charge < -0.3 is 15.4 Å². The van der Waals surface area contributed by atoms with Crippen molar-refractivity contribution < 1.29 is 9.53 Å². The summed E-state index contributed by atoms with van der Waals surface area (Å²) in [6.07, 6.45) is 1.02. The van der Waals surface area contributed by atoms with Gasteiger partial charge in [-0.15, -0.1) is 0 Å². The molecular formula is C17H25BrN2O2. The van der Waals surface area contributed by atoms with E-state index in [9.17, 15) is 4.79 Å². The molecule has 2 unspecified atom stereocenters. The summed E-state index contributed by atoms with van der Waals surface area (Å²) in [5.41, 5.74) is 6.15. The fourth-order valence-corrected chi connectivity index (χ4v) is 2.89. The molecule has 22 heavy (non-hydrogen) atoms. The molecule has 2 rings (SSSR count). The Morgan fingerprint density at radius 2 is 2.09 bits per heavy atom. The first-order valence-corrected chi connectivity index (χ1v) is 8.56. The molecule has 1 aromatic rings. The van der Waals surface area contributed by atoms with Gasteiger partial charge in [0.25, 0.3) is 0 Å². The van der Waals surface area contributed by atoms with Crippen LogP contribution in [0.4, 0.5) is 0 Å². The quantitative estimate of drug-likeness (QED) is 0.868. The van der Waals surface area contributed by atoms with Crippen LogP contribution in [0.25, 0.3) is 0 Å². The molecule has 4 nitrogen and oxygen atoms in total. The highest BCUT2D eigenvalue weighted by atomic mass is 79.9. The summed E-state index contributed by atoms with van der Waals surface area (Å²) in [6.45, 7) is 8.12. The van der Waals surface area contributed by atoms with Gasteiger partial charge >= 0.3 is 0 Å². The molecule has 0 saturated carbocycles. The lowest BCUT2D eigenvalue weighted by Crippen LogP contribution is -2.50. The van der Waals surface area contributed by atoms with Gasteiger partial charge in [0.15, 0.2) is 0 Å². The number of likely N-dealkylation sites (tertiary alicyclic amines) is 1. The van der Waals surface area contributed by atoms with E-state index in [0.717, 1.165) is 23.1 Å². The van der Waals surface area contributed by atoms with Crippen molar-refractivity contribution in [2.24, 2.45) is 11.7 Å². The number of rotatable bonds is 5. The molecule has 1 heterocycles. The van der Waals surface area contributed by atoms with Crippen LogP contribution in [0.1, 0.15) is 32.8 Å². The first-order valence-electron chi connectivity index (χ1n) is 7.76. The van der Waals surface area contributed by atoms with Crippen LogP contribution < -0.4 is 5.73 Å². The number of carbonyl (C=O) groups excluding carboxylic acids is 1. The maximum absolute atomic E-state index is 12.8. The molecule has 1 aliphatic rings. The van der Waals surface area contributed by atoms with E-state index in [-0.39, 0.29) is 12.0 Å².